The van der Waals surface area contributed by atoms with E-state index in [0.717, 1.165) is 10.9 Å². The molecule has 4 aromatic rings. The second-order valence-corrected chi connectivity index (χ2v) is 8.38. The summed E-state index contributed by atoms with van der Waals surface area (Å²) in [7, 11) is -0.771. The minimum absolute atomic E-state index is 0.0330. The van der Waals surface area contributed by atoms with Gasteiger partial charge in [0.15, 0.2) is 5.82 Å². The van der Waals surface area contributed by atoms with E-state index in [1.807, 2.05) is 6.92 Å². The molecule has 156 valence electrons. The number of aliphatic hydroxyl groups excluding tert-OH is 1. The summed E-state index contributed by atoms with van der Waals surface area (Å²) in [6.07, 6.45) is 5.80. The summed E-state index contributed by atoms with van der Waals surface area (Å²) >= 11 is 0. The van der Waals surface area contributed by atoms with Crippen LogP contribution in [0.15, 0.2) is 47.9 Å². The molecule has 0 radical (unpaired) electrons. The lowest BCUT2D eigenvalue weighted by Gasteiger charge is -2.13. The van der Waals surface area contributed by atoms with Crippen molar-refractivity contribution in [3.05, 3.63) is 54.1 Å². The first-order valence-corrected chi connectivity index (χ1v) is 10.5. The van der Waals surface area contributed by atoms with Crippen LogP contribution in [0, 0.1) is 6.92 Å². The highest BCUT2D eigenvalue weighted by Gasteiger charge is 2.22. The summed E-state index contributed by atoms with van der Waals surface area (Å²) in [6, 6.07) is 5.21. The largest absolute Gasteiger partial charge is 0.494 e. The highest BCUT2D eigenvalue weighted by Crippen LogP contribution is 2.34. The number of ether oxygens (including phenoxy) is 1. The number of benzene rings is 1. The van der Waals surface area contributed by atoms with Gasteiger partial charge >= 0.3 is 0 Å². The van der Waals surface area contributed by atoms with Crippen molar-refractivity contribution in [2.75, 3.05) is 11.8 Å². The molecule has 0 aliphatic carbocycles. The zero-order chi connectivity index (χ0) is 21.5. The van der Waals surface area contributed by atoms with Crippen molar-refractivity contribution in [3.8, 4) is 11.6 Å². The normalized spacial score (nSPS) is 11.7. The number of nitrogens with one attached hydrogen (secondary N) is 1. The molecule has 0 bridgehead atoms. The maximum atomic E-state index is 13.1. The fourth-order valence-electron chi connectivity index (χ4n) is 3.14. The molecule has 30 heavy (non-hydrogen) atoms. The molecule has 0 aliphatic heterocycles. The number of sulfonamides is 1. The van der Waals surface area contributed by atoms with E-state index in [1.54, 1.807) is 36.1 Å². The Balaban J connectivity index is 1.72. The predicted octanol–water partition coefficient (Wildman–Crippen LogP) is 1.76. The van der Waals surface area contributed by atoms with Crippen molar-refractivity contribution in [3.63, 3.8) is 0 Å². The van der Waals surface area contributed by atoms with Crippen LogP contribution >= 0.6 is 0 Å². The molecule has 3 heterocycles. The monoisotopic (exact) mass is 428 g/mol. The minimum Gasteiger partial charge on any atom is -0.494 e. The molecule has 0 atom stereocenters. The molecular formula is C19H20N6O4S. The summed E-state index contributed by atoms with van der Waals surface area (Å²) in [5.41, 5.74) is 2.41. The smallest absolute Gasteiger partial charge is 0.265 e. The number of hydrogen-bond donors (Lipinski definition) is 2. The topological polar surface area (TPSA) is 124 Å². The summed E-state index contributed by atoms with van der Waals surface area (Å²) in [5.74, 6) is 0.816. The van der Waals surface area contributed by atoms with E-state index >= 15 is 0 Å². The standard InChI is InChI=1S/C19H20N6O4S/c1-12-6-17(20-7-14(12)11-26)25-10-15(9-22-25)30(27,28)23-18-16(29-3)5-4-13-8-21-24(2)19(13)18/h4-10,23,26H,11H2,1-3H3. The quantitative estimate of drug-likeness (QED) is 0.479. The summed E-state index contributed by atoms with van der Waals surface area (Å²) in [6.45, 7) is 1.71. The first-order chi connectivity index (χ1) is 14.3. The Labute approximate surface area is 172 Å². The molecule has 1 aromatic carbocycles. The lowest BCUT2D eigenvalue weighted by Crippen LogP contribution is -2.14. The van der Waals surface area contributed by atoms with Crippen LogP contribution in [0.3, 0.4) is 0 Å². The first-order valence-electron chi connectivity index (χ1n) is 8.97. The van der Waals surface area contributed by atoms with Gasteiger partial charge in [-0.15, -0.1) is 0 Å². The van der Waals surface area contributed by atoms with Gasteiger partial charge in [0.25, 0.3) is 10.0 Å². The number of anilines is 1. The van der Waals surface area contributed by atoms with E-state index in [0.29, 0.717) is 28.3 Å². The van der Waals surface area contributed by atoms with Gasteiger partial charge in [0.2, 0.25) is 0 Å². The molecule has 0 amide bonds. The van der Waals surface area contributed by atoms with Gasteiger partial charge in [0.05, 0.1) is 37.8 Å². The molecule has 0 saturated carbocycles. The number of aliphatic hydroxyl groups is 1. The zero-order valence-electron chi connectivity index (χ0n) is 16.6. The van der Waals surface area contributed by atoms with E-state index in [9.17, 15) is 13.5 Å². The van der Waals surface area contributed by atoms with E-state index < -0.39 is 10.0 Å². The maximum absolute atomic E-state index is 13.1. The van der Waals surface area contributed by atoms with E-state index in [-0.39, 0.29) is 11.5 Å². The molecule has 10 nitrogen and oxygen atoms in total. The van der Waals surface area contributed by atoms with Crippen LogP contribution in [-0.4, -0.2) is 45.2 Å². The lowest BCUT2D eigenvalue weighted by atomic mass is 10.2. The molecular weight excluding hydrogens is 408 g/mol. The second kappa shape index (κ2) is 7.43. The third-order valence-electron chi connectivity index (χ3n) is 4.80. The van der Waals surface area contributed by atoms with Crippen LogP contribution < -0.4 is 9.46 Å². The van der Waals surface area contributed by atoms with Gasteiger partial charge in [-0.2, -0.15) is 10.2 Å². The molecule has 2 N–H and O–H groups in total. The molecule has 4 rings (SSSR count). The highest BCUT2D eigenvalue weighted by atomic mass is 32.2. The summed E-state index contributed by atoms with van der Waals surface area (Å²) in [5, 5.41) is 18.4. The van der Waals surface area contributed by atoms with Crippen LogP contribution in [0.2, 0.25) is 0 Å². The molecule has 0 spiro atoms. The molecule has 0 saturated heterocycles. The van der Waals surface area contributed by atoms with Crippen molar-refractivity contribution in [2.45, 2.75) is 18.4 Å². The predicted molar refractivity (Wildman–Crippen MR) is 110 cm³/mol. The number of hydrogen-bond acceptors (Lipinski definition) is 7. The van der Waals surface area contributed by atoms with Crippen molar-refractivity contribution in [1.29, 1.82) is 0 Å². The number of aromatic nitrogens is 5. The number of aryl methyl sites for hydroxylation is 2. The number of pyridine rings is 1. The number of nitrogens with zero attached hydrogens (tertiary/aromatic N) is 5. The van der Waals surface area contributed by atoms with E-state index in [1.165, 1.54) is 30.4 Å². The summed E-state index contributed by atoms with van der Waals surface area (Å²) < 4.78 is 37.0. The third-order valence-corrected chi connectivity index (χ3v) is 6.10. The van der Waals surface area contributed by atoms with Crippen LogP contribution in [0.4, 0.5) is 5.69 Å². The summed E-state index contributed by atoms with van der Waals surface area (Å²) in [4.78, 5) is 4.19. The Hall–Kier alpha value is -3.44. The molecule has 0 unspecified atom stereocenters. The fourth-order valence-corrected chi connectivity index (χ4v) is 4.15. The van der Waals surface area contributed by atoms with Crippen LogP contribution in [0.5, 0.6) is 5.75 Å². The van der Waals surface area contributed by atoms with Gasteiger partial charge in [0, 0.05) is 18.6 Å². The SMILES string of the molecule is COc1ccc2cnn(C)c2c1NS(=O)(=O)c1cnn(-c2cc(C)c(CO)cn2)c1. The van der Waals surface area contributed by atoms with Gasteiger partial charge in [-0.05, 0) is 36.2 Å². The fraction of sp³-hybridized carbons (Fsp3) is 0.211. The van der Waals surface area contributed by atoms with Gasteiger partial charge < -0.3 is 9.84 Å². The first kappa shape index (κ1) is 19.9. The van der Waals surface area contributed by atoms with Crippen molar-refractivity contribution in [2.24, 2.45) is 7.05 Å². The van der Waals surface area contributed by atoms with E-state index in [2.05, 4.69) is 19.9 Å². The Kier molecular flexibility index (Phi) is 4.92. The Morgan fingerprint density at radius 3 is 2.70 bits per heavy atom. The average molecular weight is 428 g/mol. The number of rotatable bonds is 6. The highest BCUT2D eigenvalue weighted by molar-refractivity contribution is 7.92. The zero-order valence-corrected chi connectivity index (χ0v) is 17.4. The Bertz CT molecular complexity index is 1340. The van der Waals surface area contributed by atoms with Gasteiger partial charge in [-0.1, -0.05) is 0 Å². The van der Waals surface area contributed by atoms with Crippen LogP contribution in [0.1, 0.15) is 11.1 Å². The van der Waals surface area contributed by atoms with Gasteiger partial charge in [-0.25, -0.2) is 18.1 Å². The average Bonchev–Trinajstić information content (AvgIpc) is 3.36. The van der Waals surface area contributed by atoms with Crippen molar-refractivity contribution >= 4 is 26.6 Å². The third kappa shape index (κ3) is 3.37. The minimum atomic E-state index is -3.96. The Morgan fingerprint density at radius 2 is 2.00 bits per heavy atom. The number of methoxy groups -OCH3 is 1. The van der Waals surface area contributed by atoms with Crippen molar-refractivity contribution in [1.82, 2.24) is 24.5 Å². The van der Waals surface area contributed by atoms with Gasteiger partial charge in [-0.3, -0.25) is 9.40 Å². The van der Waals surface area contributed by atoms with E-state index in [4.69, 9.17) is 4.74 Å². The van der Waals surface area contributed by atoms with Crippen LogP contribution in [-0.2, 0) is 23.7 Å². The molecule has 11 heteroatoms. The molecule has 3 aromatic heterocycles. The molecule has 0 fully saturated rings. The van der Waals surface area contributed by atoms with Crippen molar-refractivity contribution < 1.29 is 18.3 Å². The lowest BCUT2D eigenvalue weighted by molar-refractivity contribution is 0.280. The second-order valence-electron chi connectivity index (χ2n) is 6.70. The van der Waals surface area contributed by atoms with Gasteiger partial charge in [0.1, 0.15) is 16.3 Å². The molecule has 0 aliphatic rings. The maximum Gasteiger partial charge on any atom is 0.265 e. The Morgan fingerprint density at radius 1 is 1.20 bits per heavy atom. The van der Waals surface area contributed by atoms with Crippen LogP contribution in [0.25, 0.3) is 16.7 Å². The number of fused-ring (bicyclic) bond motifs is 1.